The molecule has 2 N–H and O–H groups in total. The van der Waals surface area contributed by atoms with Gasteiger partial charge in [0.2, 0.25) is 5.91 Å². The minimum absolute atomic E-state index is 0.308. The molecule has 0 aliphatic heterocycles. The molecule has 0 saturated heterocycles. The van der Waals surface area contributed by atoms with E-state index in [2.05, 4.69) is 5.32 Å². The summed E-state index contributed by atoms with van der Waals surface area (Å²) in [5.74, 6) is -3.09. The number of hydrogen-bond acceptors (Lipinski definition) is 5. The van der Waals surface area contributed by atoms with Crippen molar-refractivity contribution in [1.29, 1.82) is 0 Å². The monoisotopic (exact) mass is 443 g/mol. The van der Waals surface area contributed by atoms with E-state index >= 15 is 0 Å². The van der Waals surface area contributed by atoms with E-state index in [1.54, 1.807) is 13.8 Å². The number of amides is 1. The van der Waals surface area contributed by atoms with E-state index in [1.165, 1.54) is 11.3 Å². The van der Waals surface area contributed by atoms with Crippen LogP contribution in [-0.4, -0.2) is 29.1 Å². The first kappa shape index (κ1) is 23.0. The summed E-state index contributed by atoms with van der Waals surface area (Å²) in [6.07, 6.45) is 2.35. The minimum atomic E-state index is -0.943. The van der Waals surface area contributed by atoms with Crippen LogP contribution >= 0.6 is 11.3 Å². The highest BCUT2D eigenvalue weighted by atomic mass is 32.1. The number of thiophene rings is 1. The third-order valence-corrected chi connectivity index (χ3v) is 6.57. The Labute approximate surface area is 186 Å². The van der Waals surface area contributed by atoms with Crippen molar-refractivity contribution in [2.75, 3.05) is 5.32 Å². The van der Waals surface area contributed by atoms with Gasteiger partial charge in [0, 0.05) is 10.9 Å². The van der Waals surface area contributed by atoms with E-state index in [1.807, 2.05) is 37.4 Å². The number of hydrogen-bond donors (Lipinski definition) is 2. The lowest BCUT2D eigenvalue weighted by molar-refractivity contribution is -0.147. The van der Waals surface area contributed by atoms with Crippen molar-refractivity contribution in [3.63, 3.8) is 0 Å². The molecule has 2 aromatic rings. The number of benzene rings is 1. The Morgan fingerprint density at radius 1 is 1.10 bits per heavy atom. The van der Waals surface area contributed by atoms with Crippen molar-refractivity contribution in [3.8, 4) is 11.1 Å². The highest BCUT2D eigenvalue weighted by molar-refractivity contribution is 7.15. The molecule has 31 heavy (non-hydrogen) atoms. The number of ether oxygens (including phenoxy) is 1. The third-order valence-electron chi connectivity index (χ3n) is 5.68. The number of carbonyl (C=O) groups is 3. The summed E-state index contributed by atoms with van der Waals surface area (Å²) < 4.78 is 5.48. The van der Waals surface area contributed by atoms with Crippen LogP contribution in [0, 0.1) is 25.7 Å². The number of carboxylic acid groups (broad SMARTS) is 1. The Balaban J connectivity index is 1.99. The smallest absolute Gasteiger partial charge is 0.342 e. The van der Waals surface area contributed by atoms with E-state index in [0.717, 1.165) is 29.5 Å². The molecule has 6 nitrogen and oxygen atoms in total. The van der Waals surface area contributed by atoms with Gasteiger partial charge in [-0.15, -0.1) is 11.3 Å². The van der Waals surface area contributed by atoms with Gasteiger partial charge in [-0.3, -0.25) is 9.59 Å². The van der Waals surface area contributed by atoms with Crippen LogP contribution in [0.1, 0.15) is 61.0 Å². The molecule has 0 unspecified atom stereocenters. The van der Waals surface area contributed by atoms with Crippen LogP contribution in [0.25, 0.3) is 11.1 Å². The molecule has 3 rings (SSSR count). The number of carbonyl (C=O) groups excluding carboxylic acids is 2. The summed E-state index contributed by atoms with van der Waals surface area (Å²) in [6.45, 7) is 7.51. The van der Waals surface area contributed by atoms with Crippen molar-refractivity contribution in [2.24, 2.45) is 11.8 Å². The molecule has 1 heterocycles. The SMILES string of the molecule is Cc1ccc(C)c(-c2csc(NC(=O)[C@@H]3CCCC[C@H]3C(=O)O)c2C(=O)OC(C)C)c1. The summed E-state index contributed by atoms with van der Waals surface area (Å²) >= 11 is 1.26. The zero-order valence-corrected chi connectivity index (χ0v) is 19.2. The molecule has 7 heteroatoms. The second-order valence-corrected chi connectivity index (χ2v) is 9.33. The lowest BCUT2D eigenvalue weighted by Gasteiger charge is -2.27. The molecule has 1 aliphatic carbocycles. The van der Waals surface area contributed by atoms with Gasteiger partial charge in [-0.1, -0.05) is 36.6 Å². The molecule has 1 amide bonds. The molecule has 1 aromatic carbocycles. The Morgan fingerprint density at radius 3 is 2.42 bits per heavy atom. The summed E-state index contributed by atoms with van der Waals surface area (Å²) in [5.41, 5.74) is 4.02. The van der Waals surface area contributed by atoms with E-state index in [0.29, 0.717) is 29.0 Å². The van der Waals surface area contributed by atoms with E-state index in [-0.39, 0.29) is 12.0 Å². The zero-order chi connectivity index (χ0) is 22.7. The average Bonchev–Trinajstić information content (AvgIpc) is 3.12. The van der Waals surface area contributed by atoms with Gasteiger partial charge in [0.15, 0.2) is 0 Å². The largest absolute Gasteiger partial charge is 0.481 e. The third kappa shape index (κ3) is 5.15. The first-order valence-corrected chi connectivity index (χ1v) is 11.5. The van der Waals surface area contributed by atoms with E-state index in [4.69, 9.17) is 4.74 Å². The van der Waals surface area contributed by atoms with Crippen molar-refractivity contribution in [3.05, 3.63) is 40.3 Å². The summed E-state index contributed by atoms with van der Waals surface area (Å²) in [4.78, 5) is 37.6. The predicted molar refractivity (Wildman–Crippen MR) is 121 cm³/mol. The first-order chi connectivity index (χ1) is 14.7. The molecule has 1 saturated carbocycles. The minimum Gasteiger partial charge on any atom is -0.481 e. The standard InChI is InChI=1S/C24H29NO5S/c1-13(2)30-24(29)20-19(18-11-14(3)9-10-15(18)4)12-31-22(20)25-21(26)16-7-5-6-8-17(16)23(27)28/h9-13,16-17H,5-8H2,1-4H3,(H,25,26)(H,27,28)/t16-,17-/m1/s1. The number of carboxylic acids is 1. The van der Waals surface area contributed by atoms with E-state index < -0.39 is 23.8 Å². The van der Waals surface area contributed by atoms with Crippen LogP contribution in [0.5, 0.6) is 0 Å². The van der Waals surface area contributed by atoms with Crippen LogP contribution in [0.4, 0.5) is 5.00 Å². The van der Waals surface area contributed by atoms with Crippen LogP contribution in [-0.2, 0) is 14.3 Å². The number of aliphatic carboxylic acids is 1. The molecule has 166 valence electrons. The fourth-order valence-electron chi connectivity index (χ4n) is 4.09. The maximum absolute atomic E-state index is 13.0. The highest BCUT2D eigenvalue weighted by Gasteiger charge is 2.36. The van der Waals surface area contributed by atoms with Crippen LogP contribution in [0.15, 0.2) is 23.6 Å². The lowest BCUT2D eigenvalue weighted by Crippen LogP contribution is -2.36. The number of anilines is 1. The fourth-order valence-corrected chi connectivity index (χ4v) is 5.05. The zero-order valence-electron chi connectivity index (χ0n) is 18.4. The highest BCUT2D eigenvalue weighted by Crippen LogP contribution is 2.39. The molecule has 2 atom stereocenters. The van der Waals surface area contributed by atoms with Gasteiger partial charge in [0.25, 0.3) is 0 Å². The van der Waals surface area contributed by atoms with Crippen LogP contribution in [0.3, 0.4) is 0 Å². The van der Waals surface area contributed by atoms with Gasteiger partial charge in [-0.05, 0) is 51.7 Å². The average molecular weight is 444 g/mol. The topological polar surface area (TPSA) is 92.7 Å². The number of esters is 1. The Morgan fingerprint density at radius 2 is 1.77 bits per heavy atom. The molecular weight excluding hydrogens is 414 g/mol. The maximum atomic E-state index is 13.0. The normalized spacial score (nSPS) is 18.6. The molecule has 1 fully saturated rings. The molecular formula is C24H29NO5S. The quantitative estimate of drug-likeness (QED) is 0.581. The Kier molecular flexibility index (Phi) is 7.15. The number of nitrogens with one attached hydrogen (secondary N) is 1. The van der Waals surface area contributed by atoms with Crippen molar-refractivity contribution >= 4 is 34.2 Å². The molecule has 0 radical (unpaired) electrons. The molecule has 1 aliphatic rings. The van der Waals surface area contributed by atoms with Gasteiger partial charge in [0.1, 0.15) is 10.6 Å². The van der Waals surface area contributed by atoms with E-state index in [9.17, 15) is 19.5 Å². The second kappa shape index (κ2) is 9.64. The second-order valence-electron chi connectivity index (χ2n) is 8.45. The van der Waals surface area contributed by atoms with Gasteiger partial charge >= 0.3 is 11.9 Å². The van der Waals surface area contributed by atoms with Gasteiger partial charge in [-0.25, -0.2) is 4.79 Å². The van der Waals surface area contributed by atoms with Gasteiger partial charge < -0.3 is 15.2 Å². The molecule has 0 bridgehead atoms. The number of aryl methyl sites for hydroxylation is 2. The maximum Gasteiger partial charge on any atom is 0.342 e. The molecule has 0 spiro atoms. The summed E-state index contributed by atoms with van der Waals surface area (Å²) in [6, 6.07) is 6.02. The number of rotatable bonds is 6. The lowest BCUT2D eigenvalue weighted by atomic mass is 9.78. The summed E-state index contributed by atoms with van der Waals surface area (Å²) in [5, 5.41) is 14.6. The van der Waals surface area contributed by atoms with Gasteiger partial charge in [0.05, 0.1) is 17.9 Å². The predicted octanol–water partition coefficient (Wildman–Crippen LogP) is 5.43. The fraction of sp³-hybridized carbons (Fsp3) is 0.458. The van der Waals surface area contributed by atoms with Gasteiger partial charge in [-0.2, -0.15) is 0 Å². The molecule has 1 aromatic heterocycles. The van der Waals surface area contributed by atoms with Crippen molar-refractivity contribution < 1.29 is 24.2 Å². The van der Waals surface area contributed by atoms with Crippen LogP contribution < -0.4 is 5.32 Å². The first-order valence-electron chi connectivity index (χ1n) is 10.6. The van der Waals surface area contributed by atoms with Crippen molar-refractivity contribution in [2.45, 2.75) is 59.5 Å². The van der Waals surface area contributed by atoms with Crippen LogP contribution in [0.2, 0.25) is 0 Å². The van der Waals surface area contributed by atoms with Crippen molar-refractivity contribution in [1.82, 2.24) is 0 Å². The Bertz CT molecular complexity index is 994. The Hall–Kier alpha value is -2.67. The summed E-state index contributed by atoms with van der Waals surface area (Å²) in [7, 11) is 0.